The number of phenolic OH excluding ortho intramolecular Hbond substituents is 1. The van der Waals surface area contributed by atoms with E-state index in [0.717, 1.165) is 5.56 Å². The summed E-state index contributed by atoms with van der Waals surface area (Å²) in [4.78, 5) is 10.3. The lowest BCUT2D eigenvalue weighted by molar-refractivity contribution is 0.109. The number of hydrogen-bond donors (Lipinski definition) is 1. The molecule has 2 rings (SSSR count). The van der Waals surface area contributed by atoms with E-state index in [2.05, 4.69) is 5.16 Å². The second-order valence-electron chi connectivity index (χ2n) is 2.78. The van der Waals surface area contributed by atoms with Crippen molar-refractivity contribution in [3.05, 3.63) is 36.1 Å². The maximum absolute atomic E-state index is 10.3. The highest BCUT2D eigenvalue weighted by Gasteiger charge is 2.04. The number of aldehydes is 1. The third kappa shape index (κ3) is 1.50. The number of benzene rings is 1. The summed E-state index contributed by atoms with van der Waals surface area (Å²) in [6.07, 6.45) is 0.594. The highest BCUT2D eigenvalue weighted by atomic mass is 16.5. The Morgan fingerprint density at radius 3 is 2.57 bits per heavy atom. The van der Waals surface area contributed by atoms with Gasteiger partial charge in [-0.2, -0.15) is 0 Å². The zero-order valence-corrected chi connectivity index (χ0v) is 7.18. The van der Waals surface area contributed by atoms with Gasteiger partial charge in [0.1, 0.15) is 11.4 Å². The summed E-state index contributed by atoms with van der Waals surface area (Å²) in [5.41, 5.74) is 1.37. The summed E-state index contributed by atoms with van der Waals surface area (Å²) in [5, 5.41) is 12.8. The van der Waals surface area contributed by atoms with Gasteiger partial charge in [0.25, 0.3) is 0 Å². The molecule has 0 saturated carbocycles. The minimum atomic E-state index is 0.188. The van der Waals surface area contributed by atoms with Gasteiger partial charge in [0, 0.05) is 11.6 Å². The molecule has 0 amide bonds. The molecule has 4 nitrogen and oxygen atoms in total. The van der Waals surface area contributed by atoms with Crippen LogP contribution in [0.2, 0.25) is 0 Å². The number of rotatable bonds is 2. The van der Waals surface area contributed by atoms with Gasteiger partial charge in [0.2, 0.25) is 0 Å². The molecule has 1 aromatic carbocycles. The normalized spacial score (nSPS) is 10.0. The zero-order chi connectivity index (χ0) is 9.97. The van der Waals surface area contributed by atoms with Crippen LogP contribution in [-0.4, -0.2) is 16.5 Å². The average molecular weight is 189 g/mol. The molecule has 1 aromatic heterocycles. The van der Waals surface area contributed by atoms with Crippen molar-refractivity contribution in [2.75, 3.05) is 0 Å². The van der Waals surface area contributed by atoms with Gasteiger partial charge in [-0.1, -0.05) is 5.16 Å². The van der Waals surface area contributed by atoms with Crippen LogP contribution in [-0.2, 0) is 0 Å². The number of phenols is 1. The molecule has 14 heavy (non-hydrogen) atoms. The maximum Gasteiger partial charge on any atom is 0.199 e. The molecule has 0 spiro atoms. The Morgan fingerprint density at radius 2 is 2.00 bits per heavy atom. The molecule has 1 N–H and O–H groups in total. The molecule has 0 radical (unpaired) electrons. The van der Waals surface area contributed by atoms with Gasteiger partial charge >= 0.3 is 0 Å². The molecule has 0 aliphatic rings. The molecule has 2 aromatic rings. The fourth-order valence-electron chi connectivity index (χ4n) is 1.11. The topological polar surface area (TPSA) is 63.3 Å². The molecule has 0 saturated heterocycles. The molecule has 4 heteroatoms. The van der Waals surface area contributed by atoms with Crippen molar-refractivity contribution in [3.63, 3.8) is 0 Å². The quantitative estimate of drug-likeness (QED) is 0.732. The molecule has 0 fully saturated rings. The maximum atomic E-state index is 10.3. The SMILES string of the molecule is O=Cc1cc(-c2ccc(O)cc2)no1. The van der Waals surface area contributed by atoms with Crippen LogP contribution in [0, 0.1) is 0 Å². The van der Waals surface area contributed by atoms with Gasteiger partial charge < -0.3 is 9.63 Å². The van der Waals surface area contributed by atoms with Crippen LogP contribution in [0.5, 0.6) is 5.75 Å². The van der Waals surface area contributed by atoms with Crippen molar-refractivity contribution >= 4 is 6.29 Å². The lowest BCUT2D eigenvalue weighted by atomic mass is 10.1. The third-order valence-electron chi connectivity index (χ3n) is 1.81. The Kier molecular flexibility index (Phi) is 2.02. The highest BCUT2D eigenvalue weighted by molar-refractivity contribution is 5.73. The van der Waals surface area contributed by atoms with E-state index in [0.29, 0.717) is 12.0 Å². The van der Waals surface area contributed by atoms with E-state index in [4.69, 9.17) is 9.63 Å². The summed E-state index contributed by atoms with van der Waals surface area (Å²) in [7, 11) is 0. The minimum absolute atomic E-state index is 0.188. The molecular weight excluding hydrogens is 182 g/mol. The summed E-state index contributed by atoms with van der Waals surface area (Å²) in [6, 6.07) is 8.03. The largest absolute Gasteiger partial charge is 0.508 e. The van der Waals surface area contributed by atoms with Gasteiger partial charge in [-0.25, -0.2) is 0 Å². The first-order valence-electron chi connectivity index (χ1n) is 4.01. The van der Waals surface area contributed by atoms with Gasteiger partial charge in [-0.3, -0.25) is 4.79 Å². The predicted octanol–water partition coefficient (Wildman–Crippen LogP) is 1.86. The lowest BCUT2D eigenvalue weighted by Crippen LogP contribution is -1.75. The number of carbonyl (C=O) groups is 1. The molecule has 0 atom stereocenters. The Balaban J connectivity index is 2.39. The van der Waals surface area contributed by atoms with Crippen LogP contribution >= 0.6 is 0 Å². The molecule has 0 unspecified atom stereocenters. The van der Waals surface area contributed by atoms with E-state index in [9.17, 15) is 4.79 Å². The van der Waals surface area contributed by atoms with Crippen molar-refractivity contribution in [3.8, 4) is 17.0 Å². The summed E-state index contributed by atoms with van der Waals surface area (Å²) in [6.45, 7) is 0. The van der Waals surface area contributed by atoms with Crippen LogP contribution in [0.3, 0.4) is 0 Å². The van der Waals surface area contributed by atoms with Crippen LogP contribution in [0.15, 0.2) is 34.9 Å². The summed E-state index contributed by atoms with van der Waals surface area (Å²) >= 11 is 0. The first kappa shape index (κ1) is 8.50. The van der Waals surface area contributed by atoms with E-state index in [1.165, 1.54) is 0 Å². The van der Waals surface area contributed by atoms with E-state index in [-0.39, 0.29) is 11.5 Å². The lowest BCUT2D eigenvalue weighted by Gasteiger charge is -1.94. The Bertz CT molecular complexity index is 445. The molecule has 70 valence electrons. The van der Waals surface area contributed by atoms with Gasteiger partial charge in [0.05, 0.1) is 0 Å². The number of nitrogens with zero attached hydrogens (tertiary/aromatic N) is 1. The van der Waals surface area contributed by atoms with Crippen molar-refractivity contribution in [1.29, 1.82) is 0 Å². The Hall–Kier alpha value is -2.10. The highest BCUT2D eigenvalue weighted by Crippen LogP contribution is 2.20. The third-order valence-corrected chi connectivity index (χ3v) is 1.81. The number of aromatic hydroxyl groups is 1. The smallest absolute Gasteiger partial charge is 0.199 e. The fourth-order valence-corrected chi connectivity index (χ4v) is 1.11. The molecule has 0 aliphatic heterocycles. The zero-order valence-electron chi connectivity index (χ0n) is 7.18. The van der Waals surface area contributed by atoms with Crippen molar-refractivity contribution < 1.29 is 14.4 Å². The van der Waals surface area contributed by atoms with E-state index in [1.807, 2.05) is 0 Å². The number of hydrogen-bond acceptors (Lipinski definition) is 4. The van der Waals surface area contributed by atoms with Crippen LogP contribution < -0.4 is 0 Å². The molecule has 1 heterocycles. The standard InChI is InChI=1S/C10H7NO3/c12-6-9-5-10(11-14-9)7-1-3-8(13)4-2-7/h1-6,13H. The first-order valence-corrected chi connectivity index (χ1v) is 4.01. The Morgan fingerprint density at radius 1 is 1.29 bits per heavy atom. The Labute approximate surface area is 79.8 Å². The van der Waals surface area contributed by atoms with Gasteiger partial charge in [-0.05, 0) is 24.3 Å². The van der Waals surface area contributed by atoms with E-state index >= 15 is 0 Å². The van der Waals surface area contributed by atoms with Crippen molar-refractivity contribution in [2.45, 2.75) is 0 Å². The van der Waals surface area contributed by atoms with Crippen LogP contribution in [0.1, 0.15) is 10.6 Å². The van der Waals surface area contributed by atoms with E-state index in [1.54, 1.807) is 30.3 Å². The predicted molar refractivity (Wildman–Crippen MR) is 49.0 cm³/mol. The number of carbonyl (C=O) groups excluding carboxylic acids is 1. The summed E-state index contributed by atoms with van der Waals surface area (Å²) in [5.74, 6) is 0.376. The monoisotopic (exact) mass is 189 g/mol. The molecule has 0 aliphatic carbocycles. The number of aromatic nitrogens is 1. The van der Waals surface area contributed by atoms with Crippen LogP contribution in [0.4, 0.5) is 0 Å². The first-order chi connectivity index (χ1) is 6.79. The van der Waals surface area contributed by atoms with Crippen molar-refractivity contribution in [2.24, 2.45) is 0 Å². The second kappa shape index (κ2) is 3.33. The minimum Gasteiger partial charge on any atom is -0.508 e. The van der Waals surface area contributed by atoms with Gasteiger partial charge in [-0.15, -0.1) is 0 Å². The fraction of sp³-hybridized carbons (Fsp3) is 0. The average Bonchev–Trinajstić information content (AvgIpc) is 2.67. The van der Waals surface area contributed by atoms with E-state index < -0.39 is 0 Å². The van der Waals surface area contributed by atoms with Gasteiger partial charge in [0.15, 0.2) is 12.0 Å². The van der Waals surface area contributed by atoms with Crippen LogP contribution in [0.25, 0.3) is 11.3 Å². The molecular formula is C10H7NO3. The second-order valence-corrected chi connectivity index (χ2v) is 2.78. The summed E-state index contributed by atoms with van der Waals surface area (Å²) < 4.78 is 4.72. The van der Waals surface area contributed by atoms with Crippen molar-refractivity contribution in [1.82, 2.24) is 5.16 Å². The molecule has 0 bridgehead atoms.